The van der Waals surface area contributed by atoms with E-state index in [1.165, 1.54) is 0 Å². The van der Waals surface area contributed by atoms with Gasteiger partial charge < -0.3 is 19.7 Å². The summed E-state index contributed by atoms with van der Waals surface area (Å²) < 4.78 is 10.1. The molecule has 0 aromatic heterocycles. The van der Waals surface area contributed by atoms with Gasteiger partial charge in [0.2, 0.25) is 11.8 Å². The second kappa shape index (κ2) is 8.53. The lowest BCUT2D eigenvalue weighted by Crippen LogP contribution is -2.33. The molecule has 1 aromatic rings. The molecule has 1 N–H and O–H groups in total. The summed E-state index contributed by atoms with van der Waals surface area (Å²) in [7, 11) is 3.26. The predicted molar refractivity (Wildman–Crippen MR) is 86.0 cm³/mol. The summed E-state index contributed by atoms with van der Waals surface area (Å²) in [6.45, 7) is 2.22. The summed E-state index contributed by atoms with van der Waals surface area (Å²) >= 11 is 0. The Bertz CT molecular complexity index is 530. The molecule has 2 rings (SSSR count). The Balaban J connectivity index is 1.78. The highest BCUT2D eigenvalue weighted by Gasteiger charge is 2.33. The zero-order chi connectivity index (χ0) is 16.7. The molecule has 1 atom stereocenters. The van der Waals surface area contributed by atoms with Crippen molar-refractivity contribution < 1.29 is 19.1 Å². The van der Waals surface area contributed by atoms with Crippen LogP contribution in [-0.4, -0.2) is 50.6 Å². The Hall–Kier alpha value is -2.08. The number of rotatable bonds is 8. The number of carbonyl (C=O) groups excluding carboxylic acids is 2. The number of nitrogens with zero attached hydrogens (tertiary/aromatic N) is 1. The lowest BCUT2D eigenvalue weighted by atomic mass is 10.1. The van der Waals surface area contributed by atoms with Gasteiger partial charge in [-0.2, -0.15) is 0 Å². The van der Waals surface area contributed by atoms with Crippen molar-refractivity contribution in [1.82, 2.24) is 10.2 Å². The van der Waals surface area contributed by atoms with Crippen molar-refractivity contribution in [2.24, 2.45) is 5.92 Å². The molecule has 1 aliphatic rings. The average Bonchev–Trinajstić information content (AvgIpc) is 2.94. The summed E-state index contributed by atoms with van der Waals surface area (Å²) in [6.07, 6.45) is 1.09. The molecule has 1 heterocycles. The van der Waals surface area contributed by atoms with Gasteiger partial charge in [-0.3, -0.25) is 9.59 Å². The molecule has 1 aromatic carbocycles. The van der Waals surface area contributed by atoms with E-state index in [1.54, 1.807) is 19.1 Å². The Labute approximate surface area is 136 Å². The summed E-state index contributed by atoms with van der Waals surface area (Å²) in [5.74, 6) is 0.505. The molecule has 0 saturated carbocycles. The topological polar surface area (TPSA) is 67.9 Å². The lowest BCUT2D eigenvalue weighted by Gasteiger charge is -2.16. The molecule has 6 nitrogen and oxygen atoms in total. The maximum atomic E-state index is 12.2. The van der Waals surface area contributed by atoms with E-state index < -0.39 is 0 Å². The molecule has 23 heavy (non-hydrogen) atoms. The van der Waals surface area contributed by atoms with Gasteiger partial charge in [-0.15, -0.1) is 0 Å². The number of amides is 2. The first kappa shape index (κ1) is 17.3. The first-order valence-corrected chi connectivity index (χ1v) is 7.81. The Morgan fingerprint density at radius 1 is 1.30 bits per heavy atom. The van der Waals surface area contributed by atoms with Gasteiger partial charge >= 0.3 is 0 Å². The minimum absolute atomic E-state index is 0.0469. The Kier molecular flexibility index (Phi) is 6.40. The van der Waals surface area contributed by atoms with Crippen LogP contribution in [0.25, 0.3) is 0 Å². The van der Waals surface area contributed by atoms with E-state index in [-0.39, 0.29) is 17.7 Å². The molecule has 126 valence electrons. The molecular weight excluding hydrogens is 296 g/mol. The van der Waals surface area contributed by atoms with E-state index in [1.807, 2.05) is 24.3 Å². The zero-order valence-electron chi connectivity index (χ0n) is 13.7. The van der Waals surface area contributed by atoms with Crippen molar-refractivity contribution in [2.45, 2.75) is 19.4 Å². The predicted octanol–water partition coefficient (Wildman–Crippen LogP) is 1.20. The van der Waals surface area contributed by atoms with Gasteiger partial charge in [-0.05, 0) is 24.1 Å². The number of methoxy groups -OCH3 is 2. The van der Waals surface area contributed by atoms with Gasteiger partial charge in [0.15, 0.2) is 0 Å². The summed E-state index contributed by atoms with van der Waals surface area (Å²) in [4.78, 5) is 25.9. The summed E-state index contributed by atoms with van der Waals surface area (Å²) in [5.41, 5.74) is 1.00. The maximum Gasteiger partial charge on any atom is 0.225 e. The van der Waals surface area contributed by atoms with Crippen molar-refractivity contribution in [2.75, 3.05) is 33.9 Å². The third-order valence-electron chi connectivity index (χ3n) is 3.99. The van der Waals surface area contributed by atoms with Crippen molar-refractivity contribution >= 4 is 11.8 Å². The van der Waals surface area contributed by atoms with E-state index in [0.29, 0.717) is 32.7 Å². The van der Waals surface area contributed by atoms with Crippen LogP contribution < -0.4 is 10.1 Å². The monoisotopic (exact) mass is 320 g/mol. The lowest BCUT2D eigenvalue weighted by molar-refractivity contribution is -0.129. The maximum absolute atomic E-state index is 12.2. The number of hydrogen-bond acceptors (Lipinski definition) is 4. The molecule has 2 amide bonds. The fourth-order valence-electron chi connectivity index (χ4n) is 2.64. The van der Waals surface area contributed by atoms with Crippen LogP contribution in [0, 0.1) is 5.92 Å². The Morgan fingerprint density at radius 2 is 2.04 bits per heavy atom. The number of hydrogen-bond donors (Lipinski definition) is 1. The summed E-state index contributed by atoms with van der Waals surface area (Å²) in [5, 5.41) is 2.90. The standard InChI is InChI=1S/C17H24N2O4/c1-22-9-3-8-19-12-14(10-16(19)20)17(21)18-11-13-4-6-15(23-2)7-5-13/h4-7,14H,3,8-12H2,1-2H3,(H,18,21). The van der Waals surface area contributed by atoms with E-state index in [4.69, 9.17) is 9.47 Å². The van der Waals surface area contributed by atoms with E-state index in [9.17, 15) is 9.59 Å². The van der Waals surface area contributed by atoms with Crippen LogP contribution in [0.4, 0.5) is 0 Å². The molecule has 0 aliphatic carbocycles. The quantitative estimate of drug-likeness (QED) is 0.731. The molecule has 0 radical (unpaired) electrons. The molecule has 0 spiro atoms. The third-order valence-corrected chi connectivity index (χ3v) is 3.99. The normalized spacial score (nSPS) is 17.4. The number of likely N-dealkylation sites (tertiary alicyclic amines) is 1. The van der Waals surface area contributed by atoms with Crippen molar-refractivity contribution in [3.05, 3.63) is 29.8 Å². The van der Waals surface area contributed by atoms with Crippen LogP contribution in [0.15, 0.2) is 24.3 Å². The van der Waals surface area contributed by atoms with Crippen molar-refractivity contribution in [1.29, 1.82) is 0 Å². The van der Waals surface area contributed by atoms with Crippen LogP contribution in [0.2, 0.25) is 0 Å². The van der Waals surface area contributed by atoms with Crippen LogP contribution in [-0.2, 0) is 20.9 Å². The van der Waals surface area contributed by atoms with Gasteiger partial charge in [0.1, 0.15) is 5.75 Å². The smallest absolute Gasteiger partial charge is 0.225 e. The van der Waals surface area contributed by atoms with Crippen LogP contribution >= 0.6 is 0 Å². The number of benzene rings is 1. The van der Waals surface area contributed by atoms with Gasteiger partial charge in [0.25, 0.3) is 0 Å². The van der Waals surface area contributed by atoms with Crippen LogP contribution in [0.3, 0.4) is 0 Å². The highest BCUT2D eigenvalue weighted by molar-refractivity contribution is 5.89. The van der Waals surface area contributed by atoms with Gasteiger partial charge in [0, 0.05) is 39.8 Å². The zero-order valence-corrected chi connectivity index (χ0v) is 13.7. The minimum Gasteiger partial charge on any atom is -0.497 e. The molecule has 1 aliphatic heterocycles. The van der Waals surface area contributed by atoms with E-state index in [0.717, 1.165) is 17.7 Å². The van der Waals surface area contributed by atoms with Crippen LogP contribution in [0.1, 0.15) is 18.4 Å². The minimum atomic E-state index is -0.261. The molecule has 0 bridgehead atoms. The molecule has 1 unspecified atom stereocenters. The van der Waals surface area contributed by atoms with Crippen molar-refractivity contribution in [3.63, 3.8) is 0 Å². The van der Waals surface area contributed by atoms with E-state index >= 15 is 0 Å². The molecule has 1 saturated heterocycles. The van der Waals surface area contributed by atoms with Gasteiger partial charge in [-0.25, -0.2) is 0 Å². The number of nitrogens with one attached hydrogen (secondary N) is 1. The molecule has 1 fully saturated rings. The second-order valence-electron chi connectivity index (χ2n) is 5.65. The third kappa shape index (κ3) is 4.96. The average molecular weight is 320 g/mol. The highest BCUT2D eigenvalue weighted by Crippen LogP contribution is 2.18. The fraction of sp³-hybridized carbons (Fsp3) is 0.529. The van der Waals surface area contributed by atoms with Gasteiger partial charge in [0.05, 0.1) is 13.0 Å². The first-order valence-electron chi connectivity index (χ1n) is 7.81. The molecular formula is C17H24N2O4. The van der Waals surface area contributed by atoms with E-state index in [2.05, 4.69) is 5.32 Å². The fourth-order valence-corrected chi connectivity index (χ4v) is 2.64. The summed E-state index contributed by atoms with van der Waals surface area (Å²) in [6, 6.07) is 7.54. The number of carbonyl (C=O) groups is 2. The van der Waals surface area contributed by atoms with Gasteiger partial charge in [-0.1, -0.05) is 12.1 Å². The second-order valence-corrected chi connectivity index (χ2v) is 5.65. The molecule has 6 heteroatoms. The van der Waals surface area contributed by atoms with Crippen molar-refractivity contribution in [3.8, 4) is 5.75 Å². The van der Waals surface area contributed by atoms with Crippen LogP contribution in [0.5, 0.6) is 5.75 Å². The first-order chi connectivity index (χ1) is 11.1. The SMILES string of the molecule is COCCCN1CC(C(=O)NCc2ccc(OC)cc2)CC1=O. The Morgan fingerprint density at radius 3 is 2.70 bits per heavy atom. The highest BCUT2D eigenvalue weighted by atomic mass is 16.5. The largest absolute Gasteiger partial charge is 0.497 e. The number of ether oxygens (including phenoxy) is 2.